The number of likely N-dealkylation sites (tertiary alicyclic amines) is 1. The van der Waals surface area contributed by atoms with E-state index >= 15 is 0 Å². The van der Waals surface area contributed by atoms with Crippen LogP contribution in [-0.4, -0.2) is 60.6 Å². The number of nitrogens with zero attached hydrogens (tertiary/aromatic N) is 4. The van der Waals surface area contributed by atoms with Crippen LogP contribution in [0.25, 0.3) is 0 Å². The molecule has 2 aliphatic heterocycles. The van der Waals surface area contributed by atoms with Crippen molar-refractivity contribution < 1.29 is 4.79 Å². The van der Waals surface area contributed by atoms with Crippen LogP contribution in [0.15, 0.2) is 24.4 Å². The summed E-state index contributed by atoms with van der Waals surface area (Å²) in [6.07, 6.45) is 2.90. The van der Waals surface area contributed by atoms with E-state index in [0.717, 1.165) is 54.7 Å². The van der Waals surface area contributed by atoms with E-state index in [1.54, 1.807) is 11.3 Å². The van der Waals surface area contributed by atoms with Gasteiger partial charge in [-0.2, -0.15) is 0 Å². The topological polar surface area (TPSA) is 51.7 Å². The van der Waals surface area contributed by atoms with Crippen molar-refractivity contribution in [1.29, 1.82) is 0 Å². The fourth-order valence-electron chi connectivity index (χ4n) is 4.52. The van der Waals surface area contributed by atoms with Gasteiger partial charge in [-0.1, -0.05) is 25.4 Å². The van der Waals surface area contributed by atoms with E-state index in [0.29, 0.717) is 11.7 Å². The number of amides is 2. The molecular weight excluding hydrogens is 406 g/mol. The minimum absolute atomic E-state index is 0.0386. The average molecular weight is 434 g/mol. The summed E-state index contributed by atoms with van der Waals surface area (Å²) in [5, 5.41) is 4.39. The molecule has 4 rings (SSSR count). The number of carbonyl (C=O) groups is 1. The number of hydrogen-bond acceptors (Lipinski definition) is 5. The normalized spacial score (nSPS) is 21.3. The number of urea groups is 1. The molecule has 29 heavy (non-hydrogen) atoms. The van der Waals surface area contributed by atoms with E-state index in [2.05, 4.69) is 41.0 Å². The van der Waals surface area contributed by atoms with Crippen molar-refractivity contribution in [1.82, 2.24) is 14.8 Å². The van der Waals surface area contributed by atoms with Crippen molar-refractivity contribution >= 4 is 39.8 Å². The Morgan fingerprint density at radius 2 is 2.14 bits per heavy atom. The van der Waals surface area contributed by atoms with Crippen LogP contribution in [0.5, 0.6) is 0 Å². The summed E-state index contributed by atoms with van der Waals surface area (Å²) in [6, 6.07) is 5.75. The molecule has 1 saturated heterocycles. The van der Waals surface area contributed by atoms with Crippen LogP contribution in [0.2, 0.25) is 5.02 Å². The van der Waals surface area contributed by atoms with Gasteiger partial charge in [0.25, 0.3) is 0 Å². The van der Waals surface area contributed by atoms with Gasteiger partial charge in [-0.3, -0.25) is 15.1 Å². The number of halogens is 1. The van der Waals surface area contributed by atoms with Gasteiger partial charge in [-0.05, 0) is 56.9 Å². The molecule has 1 aromatic carbocycles. The van der Waals surface area contributed by atoms with E-state index in [9.17, 15) is 4.79 Å². The molecule has 2 amide bonds. The van der Waals surface area contributed by atoms with Crippen LogP contribution >= 0.6 is 22.9 Å². The maximum Gasteiger partial charge on any atom is 0.328 e. The second kappa shape index (κ2) is 8.22. The summed E-state index contributed by atoms with van der Waals surface area (Å²) in [6.45, 7) is 9.82. The molecule has 1 fully saturated rings. The van der Waals surface area contributed by atoms with E-state index in [1.165, 1.54) is 5.56 Å². The molecule has 3 heterocycles. The van der Waals surface area contributed by atoms with Gasteiger partial charge < -0.3 is 4.90 Å². The Bertz CT molecular complexity index is 899. The molecule has 156 valence electrons. The van der Waals surface area contributed by atoms with E-state index < -0.39 is 0 Å². The van der Waals surface area contributed by atoms with Crippen molar-refractivity contribution in [2.75, 3.05) is 50.0 Å². The molecule has 2 aliphatic rings. The first kappa shape index (κ1) is 20.6. The number of rotatable bonds is 5. The molecule has 0 bridgehead atoms. The summed E-state index contributed by atoms with van der Waals surface area (Å²) in [4.78, 5) is 25.3. The number of likely N-dealkylation sites (N-methyl/N-ethyl adjacent to an activating group) is 1. The minimum atomic E-state index is -0.122. The molecule has 1 unspecified atom stereocenters. The number of benzene rings is 1. The summed E-state index contributed by atoms with van der Waals surface area (Å²) in [5.41, 5.74) is 2.11. The quantitative estimate of drug-likeness (QED) is 0.765. The average Bonchev–Trinajstić information content (AvgIpc) is 3.38. The number of thiazole rings is 1. The molecule has 1 atom stereocenters. The van der Waals surface area contributed by atoms with Crippen LogP contribution in [-0.2, 0) is 12.0 Å². The Hall–Kier alpha value is -1.67. The number of anilines is 2. The first-order valence-electron chi connectivity index (χ1n) is 10.2. The SMILES string of the molecule is CCN(CC)Cc1cnc(NC(=O)N2CC3(CCN(C)C3)c3cc(Cl)ccc32)s1. The zero-order valence-electron chi connectivity index (χ0n) is 17.2. The second-order valence-electron chi connectivity index (χ2n) is 8.04. The number of fused-ring (bicyclic) bond motifs is 2. The van der Waals surface area contributed by atoms with Gasteiger partial charge in [0.2, 0.25) is 0 Å². The molecular formula is C21H28ClN5OS. The zero-order chi connectivity index (χ0) is 20.6. The van der Waals surface area contributed by atoms with Gasteiger partial charge in [0.1, 0.15) is 0 Å². The summed E-state index contributed by atoms with van der Waals surface area (Å²) < 4.78 is 0. The first-order chi connectivity index (χ1) is 13.9. The van der Waals surface area contributed by atoms with Gasteiger partial charge in [0.15, 0.2) is 5.13 Å². The van der Waals surface area contributed by atoms with Gasteiger partial charge in [-0.15, -0.1) is 11.3 Å². The second-order valence-corrected chi connectivity index (χ2v) is 9.59. The summed E-state index contributed by atoms with van der Waals surface area (Å²) in [7, 11) is 2.13. The molecule has 0 aliphatic carbocycles. The number of aromatic nitrogens is 1. The third-order valence-electron chi connectivity index (χ3n) is 6.11. The predicted molar refractivity (Wildman–Crippen MR) is 120 cm³/mol. The van der Waals surface area contributed by atoms with Gasteiger partial charge in [0.05, 0.1) is 0 Å². The minimum Gasteiger partial charge on any atom is -0.305 e. The van der Waals surface area contributed by atoms with Crippen molar-refractivity contribution in [3.05, 3.63) is 39.9 Å². The molecule has 1 spiro atoms. The van der Waals surface area contributed by atoms with Crippen LogP contribution in [0.4, 0.5) is 15.6 Å². The monoisotopic (exact) mass is 433 g/mol. The highest BCUT2D eigenvalue weighted by atomic mass is 35.5. The molecule has 2 aromatic rings. The molecule has 0 saturated carbocycles. The summed E-state index contributed by atoms with van der Waals surface area (Å²) >= 11 is 7.85. The maximum atomic E-state index is 13.2. The van der Waals surface area contributed by atoms with Gasteiger partial charge in [0, 0.05) is 46.8 Å². The van der Waals surface area contributed by atoms with Gasteiger partial charge >= 0.3 is 6.03 Å². The lowest BCUT2D eigenvalue weighted by Crippen LogP contribution is -2.40. The Morgan fingerprint density at radius 3 is 2.83 bits per heavy atom. The number of carbonyl (C=O) groups excluding carboxylic acids is 1. The Morgan fingerprint density at radius 1 is 1.34 bits per heavy atom. The van der Waals surface area contributed by atoms with Crippen molar-refractivity contribution in [3.63, 3.8) is 0 Å². The van der Waals surface area contributed by atoms with Crippen LogP contribution in [0, 0.1) is 0 Å². The third kappa shape index (κ3) is 4.01. The lowest BCUT2D eigenvalue weighted by molar-refractivity contribution is 0.256. The van der Waals surface area contributed by atoms with E-state index in [4.69, 9.17) is 11.6 Å². The third-order valence-corrected chi connectivity index (χ3v) is 7.25. The lowest BCUT2D eigenvalue weighted by atomic mass is 9.81. The van der Waals surface area contributed by atoms with Crippen molar-refractivity contribution in [2.24, 2.45) is 0 Å². The maximum absolute atomic E-state index is 13.2. The smallest absolute Gasteiger partial charge is 0.305 e. The fraction of sp³-hybridized carbons (Fsp3) is 0.524. The highest BCUT2D eigenvalue weighted by molar-refractivity contribution is 7.15. The van der Waals surface area contributed by atoms with E-state index in [1.807, 2.05) is 29.3 Å². The Kier molecular flexibility index (Phi) is 5.84. The first-order valence-corrected chi connectivity index (χ1v) is 11.4. The van der Waals surface area contributed by atoms with Crippen LogP contribution in [0.3, 0.4) is 0 Å². The Balaban J connectivity index is 1.52. The lowest BCUT2D eigenvalue weighted by Gasteiger charge is -2.25. The standard InChI is InChI=1S/C21H28ClN5OS/c1-4-26(5-2)12-16-11-23-19(29-16)24-20(28)27-14-21(8-9-25(3)13-21)17-10-15(22)6-7-18(17)27/h6-7,10-11H,4-5,8-9,12-14H2,1-3H3,(H,23,24,28). The van der Waals surface area contributed by atoms with Crippen LogP contribution in [0.1, 0.15) is 30.7 Å². The van der Waals surface area contributed by atoms with Gasteiger partial charge in [-0.25, -0.2) is 9.78 Å². The number of nitrogens with one attached hydrogen (secondary N) is 1. The zero-order valence-corrected chi connectivity index (χ0v) is 18.8. The highest BCUT2D eigenvalue weighted by Gasteiger charge is 2.48. The van der Waals surface area contributed by atoms with Crippen LogP contribution < -0.4 is 10.2 Å². The molecule has 1 N–H and O–H groups in total. The molecule has 0 radical (unpaired) electrons. The number of hydrogen-bond donors (Lipinski definition) is 1. The Labute approximate surface area is 181 Å². The van der Waals surface area contributed by atoms with Crippen molar-refractivity contribution in [3.8, 4) is 0 Å². The van der Waals surface area contributed by atoms with Crippen molar-refractivity contribution in [2.45, 2.75) is 32.2 Å². The molecule has 6 nitrogen and oxygen atoms in total. The van der Waals surface area contributed by atoms with E-state index in [-0.39, 0.29) is 11.4 Å². The summed E-state index contributed by atoms with van der Waals surface area (Å²) in [5.74, 6) is 0. The largest absolute Gasteiger partial charge is 0.328 e. The molecule has 8 heteroatoms. The fourth-order valence-corrected chi connectivity index (χ4v) is 5.53. The predicted octanol–water partition coefficient (Wildman–Crippen LogP) is 4.26. The highest BCUT2D eigenvalue weighted by Crippen LogP contribution is 2.47. The molecule has 1 aromatic heterocycles.